The second kappa shape index (κ2) is 6.90. The molecule has 4 N–H and O–H groups in total. The maximum absolute atomic E-state index is 14.4. The summed E-state index contributed by atoms with van der Waals surface area (Å²) in [6.07, 6.45) is -4.54. The molecular formula is C14H17FN6O5. The summed E-state index contributed by atoms with van der Waals surface area (Å²) in [5, 5.41) is 23.8. The van der Waals surface area contributed by atoms with Crippen LogP contribution in [0.2, 0.25) is 0 Å². The molecule has 4 atom stereocenters. The standard InChI is InChI=1S/C14H17FN6O5/c1-5(23)17-11-9-12(20-14(19-11)18-6(2)24)21(4-16-9)13-8(15)10(25)7(3-22)26-13/h4,7-8,10,13,22,25H,3H2,1-2H3,(H2,17,18,19,20,23,24)/t7-,8+,10-,13-/m1/s1. The second-order valence-electron chi connectivity index (χ2n) is 5.76. The Balaban J connectivity index is 2.09. The van der Waals surface area contributed by atoms with E-state index in [1.54, 1.807) is 0 Å². The van der Waals surface area contributed by atoms with Gasteiger partial charge in [-0.1, -0.05) is 0 Å². The highest BCUT2D eigenvalue weighted by Crippen LogP contribution is 2.34. The third-order valence-electron chi connectivity index (χ3n) is 3.75. The molecule has 1 aliphatic heterocycles. The Morgan fingerprint density at radius 1 is 1.31 bits per heavy atom. The van der Waals surface area contributed by atoms with E-state index in [0.29, 0.717) is 0 Å². The number of hydrogen-bond acceptors (Lipinski definition) is 8. The molecule has 0 bridgehead atoms. The van der Waals surface area contributed by atoms with Gasteiger partial charge in [0.15, 0.2) is 29.4 Å². The highest BCUT2D eigenvalue weighted by Gasteiger charge is 2.45. The molecule has 2 amide bonds. The van der Waals surface area contributed by atoms with Crippen LogP contribution in [-0.4, -0.2) is 66.5 Å². The number of carbonyl (C=O) groups is 2. The maximum Gasteiger partial charge on any atom is 0.233 e. The Labute approximate surface area is 146 Å². The summed E-state index contributed by atoms with van der Waals surface area (Å²) in [6, 6.07) is 0. The van der Waals surface area contributed by atoms with Crippen molar-refractivity contribution in [3.8, 4) is 0 Å². The minimum absolute atomic E-state index is 0.0256. The first kappa shape index (κ1) is 18.1. The molecular weight excluding hydrogens is 351 g/mol. The number of alkyl halides is 1. The number of fused-ring (bicyclic) bond motifs is 1. The van der Waals surface area contributed by atoms with Crippen molar-refractivity contribution in [2.45, 2.75) is 38.5 Å². The average Bonchev–Trinajstić information content (AvgIpc) is 3.09. The number of hydrogen-bond donors (Lipinski definition) is 4. The van der Waals surface area contributed by atoms with Gasteiger partial charge in [0.05, 0.1) is 12.9 Å². The maximum atomic E-state index is 14.4. The number of nitrogens with zero attached hydrogens (tertiary/aromatic N) is 4. The van der Waals surface area contributed by atoms with Crippen molar-refractivity contribution in [1.29, 1.82) is 0 Å². The number of imidazole rings is 1. The van der Waals surface area contributed by atoms with Gasteiger partial charge in [-0.25, -0.2) is 9.37 Å². The zero-order valence-electron chi connectivity index (χ0n) is 13.9. The van der Waals surface area contributed by atoms with Crippen molar-refractivity contribution >= 4 is 34.7 Å². The molecule has 2 aromatic heterocycles. The van der Waals surface area contributed by atoms with Gasteiger partial charge in [-0.2, -0.15) is 9.97 Å². The van der Waals surface area contributed by atoms with E-state index in [-0.39, 0.29) is 22.9 Å². The fourth-order valence-corrected chi connectivity index (χ4v) is 2.65. The summed E-state index contributed by atoms with van der Waals surface area (Å²) in [4.78, 5) is 34.9. The molecule has 0 spiro atoms. The lowest BCUT2D eigenvalue weighted by molar-refractivity contribution is -0.115. The Morgan fingerprint density at radius 3 is 2.58 bits per heavy atom. The molecule has 3 heterocycles. The summed E-state index contributed by atoms with van der Waals surface area (Å²) in [7, 11) is 0. The van der Waals surface area contributed by atoms with Crippen molar-refractivity contribution in [2.75, 3.05) is 17.2 Å². The van der Waals surface area contributed by atoms with E-state index in [1.165, 1.54) is 24.7 Å². The molecule has 0 unspecified atom stereocenters. The first-order chi connectivity index (χ1) is 12.3. The van der Waals surface area contributed by atoms with Gasteiger partial charge in [0.25, 0.3) is 0 Å². The van der Waals surface area contributed by atoms with Crippen LogP contribution in [-0.2, 0) is 14.3 Å². The van der Waals surface area contributed by atoms with Gasteiger partial charge in [-0.3, -0.25) is 19.5 Å². The summed E-state index contributed by atoms with van der Waals surface area (Å²) in [5.74, 6) is -0.967. The van der Waals surface area contributed by atoms with Crippen molar-refractivity contribution in [3.05, 3.63) is 6.33 Å². The third-order valence-corrected chi connectivity index (χ3v) is 3.75. The molecule has 11 nitrogen and oxygen atoms in total. The number of aliphatic hydroxyl groups is 2. The quantitative estimate of drug-likeness (QED) is 0.555. The van der Waals surface area contributed by atoms with Gasteiger partial charge in [0, 0.05) is 13.8 Å². The Kier molecular flexibility index (Phi) is 4.80. The minimum atomic E-state index is -1.84. The molecule has 3 rings (SSSR count). The lowest BCUT2D eigenvalue weighted by Crippen LogP contribution is -2.30. The van der Waals surface area contributed by atoms with E-state index < -0.39 is 43.0 Å². The van der Waals surface area contributed by atoms with Gasteiger partial charge in [-0.05, 0) is 0 Å². The fraction of sp³-hybridized carbons (Fsp3) is 0.500. The first-order valence-electron chi connectivity index (χ1n) is 7.70. The van der Waals surface area contributed by atoms with E-state index in [0.717, 1.165) is 0 Å². The lowest BCUT2D eigenvalue weighted by Gasteiger charge is -2.15. The fourth-order valence-electron chi connectivity index (χ4n) is 2.65. The minimum Gasteiger partial charge on any atom is -0.394 e. The third kappa shape index (κ3) is 3.21. The van der Waals surface area contributed by atoms with Gasteiger partial charge in [0.1, 0.15) is 12.2 Å². The molecule has 0 aromatic carbocycles. The molecule has 1 saturated heterocycles. The van der Waals surface area contributed by atoms with E-state index in [9.17, 15) is 24.2 Å². The number of amides is 2. The first-order valence-corrected chi connectivity index (χ1v) is 7.70. The van der Waals surface area contributed by atoms with E-state index in [2.05, 4.69) is 25.6 Å². The number of nitrogens with one attached hydrogen (secondary N) is 2. The normalized spacial score (nSPS) is 25.4. The molecule has 2 aromatic rings. The molecule has 26 heavy (non-hydrogen) atoms. The van der Waals surface area contributed by atoms with Gasteiger partial charge in [0.2, 0.25) is 17.8 Å². The molecule has 0 aliphatic carbocycles. The monoisotopic (exact) mass is 368 g/mol. The van der Waals surface area contributed by atoms with Crippen LogP contribution in [0.25, 0.3) is 11.2 Å². The lowest BCUT2D eigenvalue weighted by atomic mass is 10.1. The Hall–Kier alpha value is -2.70. The van der Waals surface area contributed by atoms with Crippen LogP contribution in [0.15, 0.2) is 6.33 Å². The Bertz CT molecular complexity index is 858. The topological polar surface area (TPSA) is 151 Å². The highest BCUT2D eigenvalue weighted by atomic mass is 19.1. The molecule has 0 radical (unpaired) electrons. The second-order valence-corrected chi connectivity index (χ2v) is 5.76. The van der Waals surface area contributed by atoms with E-state index >= 15 is 0 Å². The number of aliphatic hydroxyl groups excluding tert-OH is 2. The van der Waals surface area contributed by atoms with Gasteiger partial charge >= 0.3 is 0 Å². The molecule has 0 saturated carbocycles. The number of anilines is 2. The number of aromatic nitrogens is 4. The predicted molar refractivity (Wildman–Crippen MR) is 85.8 cm³/mol. The van der Waals surface area contributed by atoms with Crippen molar-refractivity contribution < 1.29 is 28.9 Å². The average molecular weight is 368 g/mol. The summed E-state index contributed by atoms with van der Waals surface area (Å²) in [6.45, 7) is 1.96. The Morgan fingerprint density at radius 2 is 2.00 bits per heavy atom. The number of ether oxygens (including phenoxy) is 1. The van der Waals surface area contributed by atoms with Crippen molar-refractivity contribution in [2.24, 2.45) is 0 Å². The van der Waals surface area contributed by atoms with Crippen molar-refractivity contribution in [3.63, 3.8) is 0 Å². The molecule has 12 heteroatoms. The smallest absolute Gasteiger partial charge is 0.233 e. The number of halogens is 1. The zero-order chi connectivity index (χ0) is 19.0. The summed E-state index contributed by atoms with van der Waals surface area (Å²) in [5.41, 5.74) is 0.220. The van der Waals surface area contributed by atoms with E-state index in [4.69, 9.17) is 4.74 Å². The number of rotatable bonds is 4. The van der Waals surface area contributed by atoms with Crippen molar-refractivity contribution in [1.82, 2.24) is 19.5 Å². The summed E-state index contributed by atoms with van der Waals surface area (Å²) >= 11 is 0. The SMILES string of the molecule is CC(=O)Nc1nc(NC(C)=O)c2ncn([C@@H]3O[C@H](CO)[C@@H](O)[C@@H]3F)c2n1. The van der Waals surface area contributed by atoms with Crippen LogP contribution in [0.3, 0.4) is 0 Å². The largest absolute Gasteiger partial charge is 0.394 e. The molecule has 140 valence electrons. The van der Waals surface area contributed by atoms with E-state index in [1.807, 2.05) is 0 Å². The van der Waals surface area contributed by atoms with Gasteiger partial charge in [-0.15, -0.1) is 0 Å². The predicted octanol–water partition coefficient (Wildman–Crippen LogP) is -0.668. The molecule has 1 aliphatic rings. The highest BCUT2D eigenvalue weighted by molar-refractivity contribution is 5.97. The van der Waals surface area contributed by atoms with Crippen LogP contribution >= 0.6 is 0 Å². The van der Waals surface area contributed by atoms with Crippen LogP contribution < -0.4 is 10.6 Å². The van der Waals surface area contributed by atoms with Crippen LogP contribution in [0, 0.1) is 0 Å². The van der Waals surface area contributed by atoms with Crippen LogP contribution in [0.5, 0.6) is 0 Å². The summed E-state index contributed by atoms with van der Waals surface area (Å²) < 4.78 is 21.0. The number of carbonyl (C=O) groups excluding carboxylic acids is 2. The molecule has 1 fully saturated rings. The van der Waals surface area contributed by atoms with Gasteiger partial charge < -0.3 is 20.3 Å². The van der Waals surface area contributed by atoms with Crippen LogP contribution in [0.1, 0.15) is 20.1 Å². The zero-order valence-corrected chi connectivity index (χ0v) is 13.9. The van der Waals surface area contributed by atoms with Crippen LogP contribution in [0.4, 0.5) is 16.2 Å².